The number of phenols is 1. The molecule has 12 nitrogen and oxygen atoms in total. The van der Waals surface area contributed by atoms with Crippen molar-refractivity contribution in [3.05, 3.63) is 29.8 Å². The van der Waals surface area contributed by atoms with Gasteiger partial charge in [0, 0.05) is 6.42 Å². The van der Waals surface area contributed by atoms with Crippen LogP contribution in [-0.2, 0) is 25.6 Å². The maximum atomic E-state index is 13.0. The van der Waals surface area contributed by atoms with E-state index in [0.29, 0.717) is 24.9 Å². The van der Waals surface area contributed by atoms with Gasteiger partial charge in [0.15, 0.2) is 0 Å². The van der Waals surface area contributed by atoms with Crippen molar-refractivity contribution in [3.63, 3.8) is 0 Å². The lowest BCUT2D eigenvalue weighted by molar-refractivity contribution is -0.143. The second kappa shape index (κ2) is 14.0. The van der Waals surface area contributed by atoms with Gasteiger partial charge in [-0.15, -0.1) is 0 Å². The van der Waals surface area contributed by atoms with Crippen LogP contribution in [0.4, 0.5) is 0 Å². The molecule has 0 radical (unpaired) electrons. The fraction of sp³-hybridized carbons (Fsp3) is 0.524. The Morgan fingerprint density at radius 3 is 1.97 bits per heavy atom. The molecule has 1 aromatic carbocycles. The highest BCUT2D eigenvalue weighted by molar-refractivity contribution is 5.94. The van der Waals surface area contributed by atoms with Crippen molar-refractivity contribution in [3.8, 4) is 5.75 Å². The maximum absolute atomic E-state index is 13.0. The number of amides is 3. The first-order valence-corrected chi connectivity index (χ1v) is 10.6. The monoisotopic (exact) mass is 467 g/mol. The van der Waals surface area contributed by atoms with Crippen LogP contribution in [0.1, 0.15) is 31.7 Å². The van der Waals surface area contributed by atoms with E-state index in [1.165, 1.54) is 19.1 Å². The topological polar surface area (TPSA) is 217 Å². The number of nitrogens with one attached hydrogen (secondary N) is 3. The van der Waals surface area contributed by atoms with Gasteiger partial charge in [-0.2, -0.15) is 0 Å². The highest BCUT2D eigenvalue weighted by Gasteiger charge is 2.29. The van der Waals surface area contributed by atoms with Crippen molar-refractivity contribution in [1.82, 2.24) is 16.0 Å². The summed E-state index contributed by atoms with van der Waals surface area (Å²) in [6.45, 7) is 0.998. The third-order valence-corrected chi connectivity index (χ3v) is 4.80. The van der Waals surface area contributed by atoms with E-state index in [0.717, 1.165) is 0 Å². The van der Waals surface area contributed by atoms with Crippen LogP contribution in [0.3, 0.4) is 0 Å². The smallest absolute Gasteiger partial charge is 0.328 e. The van der Waals surface area contributed by atoms with Crippen LogP contribution in [0.2, 0.25) is 0 Å². The van der Waals surface area contributed by atoms with E-state index in [2.05, 4.69) is 16.0 Å². The summed E-state index contributed by atoms with van der Waals surface area (Å²) in [5, 5.41) is 35.0. The van der Waals surface area contributed by atoms with Gasteiger partial charge in [0.2, 0.25) is 17.7 Å². The standard InChI is InChI=1S/C21H33N5O7/c1-12(23)18(29)25-16(10-13-5-7-14(28)8-6-13)20(31)24-15(4-2-3-9-22)19(30)26-17(11-27)21(32)33/h5-8,12,15-17,27-28H,2-4,9-11,22-23H2,1H3,(H,24,31)(H,25,29)(H,26,30)(H,32,33). The van der Waals surface area contributed by atoms with Crippen molar-refractivity contribution < 1.29 is 34.5 Å². The molecule has 0 aliphatic heterocycles. The fourth-order valence-electron chi connectivity index (χ4n) is 2.87. The van der Waals surface area contributed by atoms with Crippen molar-refractivity contribution in [2.45, 2.75) is 56.8 Å². The van der Waals surface area contributed by atoms with Gasteiger partial charge in [0.05, 0.1) is 12.6 Å². The first-order valence-electron chi connectivity index (χ1n) is 10.6. The van der Waals surface area contributed by atoms with E-state index >= 15 is 0 Å². The third kappa shape index (κ3) is 9.85. The van der Waals surface area contributed by atoms with Crippen molar-refractivity contribution in [2.24, 2.45) is 11.5 Å². The molecule has 0 aliphatic carbocycles. The van der Waals surface area contributed by atoms with E-state index < -0.39 is 54.5 Å². The molecule has 0 heterocycles. The maximum Gasteiger partial charge on any atom is 0.328 e. The number of rotatable bonds is 14. The molecular weight excluding hydrogens is 434 g/mol. The summed E-state index contributed by atoms with van der Waals surface area (Å²) in [6, 6.07) is 1.40. The minimum absolute atomic E-state index is 0.0351. The molecule has 0 fully saturated rings. The average molecular weight is 468 g/mol. The Bertz CT molecular complexity index is 801. The predicted molar refractivity (Wildman–Crippen MR) is 119 cm³/mol. The molecule has 12 heteroatoms. The lowest BCUT2D eigenvalue weighted by atomic mass is 10.0. The van der Waals surface area contributed by atoms with Crippen LogP contribution in [0.15, 0.2) is 24.3 Å². The van der Waals surface area contributed by atoms with Gasteiger partial charge in [-0.25, -0.2) is 4.79 Å². The number of nitrogens with two attached hydrogens (primary N) is 2. The molecule has 0 bridgehead atoms. The number of aliphatic carboxylic acids is 1. The molecule has 4 unspecified atom stereocenters. The van der Waals surface area contributed by atoms with E-state index in [4.69, 9.17) is 21.7 Å². The fourth-order valence-corrected chi connectivity index (χ4v) is 2.87. The zero-order valence-corrected chi connectivity index (χ0v) is 18.5. The van der Waals surface area contributed by atoms with E-state index in [1.54, 1.807) is 12.1 Å². The molecule has 33 heavy (non-hydrogen) atoms. The number of phenolic OH excluding ortho intramolecular Hbond substituents is 1. The van der Waals surface area contributed by atoms with Gasteiger partial charge in [0.1, 0.15) is 23.9 Å². The number of aliphatic hydroxyl groups excluding tert-OH is 1. The van der Waals surface area contributed by atoms with Crippen LogP contribution < -0.4 is 27.4 Å². The Kier molecular flexibility index (Phi) is 11.8. The minimum Gasteiger partial charge on any atom is -0.508 e. The van der Waals surface area contributed by atoms with Gasteiger partial charge < -0.3 is 42.7 Å². The SMILES string of the molecule is CC(N)C(=O)NC(Cc1ccc(O)cc1)C(=O)NC(CCCCN)C(=O)NC(CO)C(=O)O. The summed E-state index contributed by atoms with van der Waals surface area (Å²) in [4.78, 5) is 48.9. The Morgan fingerprint density at radius 1 is 0.909 bits per heavy atom. The number of hydrogen-bond donors (Lipinski definition) is 8. The Morgan fingerprint density at radius 2 is 1.45 bits per heavy atom. The lowest BCUT2D eigenvalue weighted by Gasteiger charge is -2.25. The molecule has 3 amide bonds. The summed E-state index contributed by atoms with van der Waals surface area (Å²) in [5.41, 5.74) is 11.7. The Labute approximate surface area is 191 Å². The lowest BCUT2D eigenvalue weighted by Crippen LogP contribution is -2.57. The van der Waals surface area contributed by atoms with E-state index in [-0.39, 0.29) is 18.6 Å². The molecule has 4 atom stereocenters. The van der Waals surface area contributed by atoms with Crippen molar-refractivity contribution in [1.29, 1.82) is 0 Å². The zero-order valence-electron chi connectivity index (χ0n) is 18.5. The van der Waals surface area contributed by atoms with Crippen molar-refractivity contribution >= 4 is 23.7 Å². The number of aromatic hydroxyl groups is 1. The molecule has 184 valence electrons. The second-order valence-corrected chi connectivity index (χ2v) is 7.65. The summed E-state index contributed by atoms with van der Waals surface area (Å²) in [5.74, 6) is -3.44. The summed E-state index contributed by atoms with van der Waals surface area (Å²) in [7, 11) is 0. The van der Waals surface area contributed by atoms with E-state index in [9.17, 15) is 24.3 Å². The molecule has 0 saturated carbocycles. The predicted octanol–water partition coefficient (Wildman–Crippen LogP) is -2.06. The number of aliphatic hydroxyl groups is 1. The van der Waals surface area contributed by atoms with Gasteiger partial charge in [-0.1, -0.05) is 12.1 Å². The number of unbranched alkanes of at least 4 members (excludes halogenated alkanes) is 1. The number of hydrogen-bond acceptors (Lipinski definition) is 8. The van der Waals surface area contributed by atoms with Gasteiger partial charge in [-0.3, -0.25) is 14.4 Å². The van der Waals surface area contributed by atoms with Gasteiger partial charge in [-0.05, 0) is 50.4 Å². The number of carboxylic acids is 1. The molecule has 1 rings (SSSR count). The van der Waals surface area contributed by atoms with Crippen LogP contribution in [0, 0.1) is 0 Å². The minimum atomic E-state index is -1.53. The van der Waals surface area contributed by atoms with Crippen LogP contribution in [0.5, 0.6) is 5.75 Å². The summed E-state index contributed by atoms with van der Waals surface area (Å²) >= 11 is 0. The Balaban J connectivity index is 3.04. The van der Waals surface area contributed by atoms with Gasteiger partial charge >= 0.3 is 5.97 Å². The molecule has 0 aromatic heterocycles. The quantitative estimate of drug-likeness (QED) is 0.141. The van der Waals surface area contributed by atoms with Crippen LogP contribution >= 0.6 is 0 Å². The van der Waals surface area contributed by atoms with E-state index in [1.807, 2.05) is 0 Å². The molecule has 1 aromatic rings. The molecular formula is C21H33N5O7. The second-order valence-electron chi connectivity index (χ2n) is 7.65. The first-order chi connectivity index (χ1) is 15.6. The highest BCUT2D eigenvalue weighted by Crippen LogP contribution is 2.12. The molecule has 0 saturated heterocycles. The third-order valence-electron chi connectivity index (χ3n) is 4.80. The number of benzene rings is 1. The molecule has 0 aliphatic rings. The normalized spacial score (nSPS) is 14.4. The first kappa shape index (κ1) is 27.8. The zero-order chi connectivity index (χ0) is 25.0. The molecule has 0 spiro atoms. The van der Waals surface area contributed by atoms with Gasteiger partial charge in [0.25, 0.3) is 0 Å². The average Bonchev–Trinajstić information content (AvgIpc) is 2.77. The number of carboxylic acid groups (broad SMARTS) is 1. The van der Waals surface area contributed by atoms with Crippen LogP contribution in [-0.4, -0.2) is 76.3 Å². The number of carbonyl (C=O) groups excluding carboxylic acids is 3. The Hall–Kier alpha value is -3.22. The van der Waals surface area contributed by atoms with Crippen LogP contribution in [0.25, 0.3) is 0 Å². The highest BCUT2D eigenvalue weighted by atomic mass is 16.4. The van der Waals surface area contributed by atoms with Crippen molar-refractivity contribution in [2.75, 3.05) is 13.2 Å². The number of carbonyl (C=O) groups is 4. The summed E-state index contributed by atoms with van der Waals surface area (Å²) in [6.07, 6.45) is 1.26. The molecule has 10 N–H and O–H groups in total. The summed E-state index contributed by atoms with van der Waals surface area (Å²) < 4.78 is 0. The largest absolute Gasteiger partial charge is 0.508 e.